The van der Waals surface area contributed by atoms with Crippen molar-refractivity contribution in [3.8, 4) is 5.75 Å². The molecule has 1 unspecified atom stereocenters. The van der Waals surface area contributed by atoms with Crippen molar-refractivity contribution in [3.05, 3.63) is 29.8 Å². The molecule has 1 atom stereocenters. The van der Waals surface area contributed by atoms with Gasteiger partial charge in [0.15, 0.2) is 5.96 Å². The molecule has 1 saturated heterocycles. The van der Waals surface area contributed by atoms with Crippen LogP contribution in [0.15, 0.2) is 29.3 Å². The van der Waals surface area contributed by atoms with Crippen LogP contribution in [-0.4, -0.2) is 50.7 Å². The van der Waals surface area contributed by atoms with Gasteiger partial charge >= 0.3 is 0 Å². The molecule has 2 N–H and O–H groups in total. The number of rotatable bonds is 8. The zero-order valence-corrected chi connectivity index (χ0v) is 19.1. The van der Waals surface area contributed by atoms with Crippen molar-refractivity contribution in [2.24, 2.45) is 16.8 Å². The molecule has 6 heteroatoms. The summed E-state index contributed by atoms with van der Waals surface area (Å²) in [6.07, 6.45) is 5.22. The molecule has 1 saturated carbocycles. The highest BCUT2D eigenvalue weighted by Gasteiger charge is 2.22. The largest absolute Gasteiger partial charge is 0.493 e. The van der Waals surface area contributed by atoms with Crippen molar-refractivity contribution in [3.63, 3.8) is 0 Å². The van der Waals surface area contributed by atoms with Crippen LogP contribution < -0.4 is 15.4 Å². The number of hydrogen-bond donors (Lipinski definition) is 2. The fourth-order valence-electron chi connectivity index (χ4n) is 3.45. The van der Waals surface area contributed by atoms with E-state index in [0.717, 1.165) is 42.9 Å². The quantitative estimate of drug-likeness (QED) is 0.336. The Kier molecular flexibility index (Phi) is 9.68. The van der Waals surface area contributed by atoms with Gasteiger partial charge in [-0.15, -0.1) is 24.0 Å². The average molecular weight is 486 g/mol. The third-order valence-corrected chi connectivity index (χ3v) is 5.18. The molecule has 1 aliphatic heterocycles. The number of halogens is 1. The number of likely N-dealkylation sites (tertiary alicyclic amines) is 1. The second kappa shape index (κ2) is 11.7. The molecule has 0 aromatic heterocycles. The Balaban J connectivity index is 0.00000261. The first-order valence-corrected chi connectivity index (χ1v) is 10.2. The van der Waals surface area contributed by atoms with Crippen LogP contribution in [0.1, 0.15) is 38.2 Å². The summed E-state index contributed by atoms with van der Waals surface area (Å²) in [6.45, 7) is 7.84. The number of nitrogens with one attached hydrogen (secondary N) is 2. The van der Waals surface area contributed by atoms with Crippen molar-refractivity contribution < 1.29 is 4.74 Å². The summed E-state index contributed by atoms with van der Waals surface area (Å²) < 4.78 is 6.00. The highest BCUT2D eigenvalue weighted by atomic mass is 127. The van der Waals surface area contributed by atoms with Crippen molar-refractivity contribution >= 4 is 29.9 Å². The predicted molar refractivity (Wildman–Crippen MR) is 123 cm³/mol. The number of ether oxygens (including phenoxy) is 1. The van der Waals surface area contributed by atoms with E-state index in [1.165, 1.54) is 38.8 Å². The van der Waals surface area contributed by atoms with E-state index in [-0.39, 0.29) is 24.0 Å². The maximum Gasteiger partial charge on any atom is 0.191 e. The van der Waals surface area contributed by atoms with E-state index < -0.39 is 0 Å². The van der Waals surface area contributed by atoms with Crippen LogP contribution in [0.5, 0.6) is 5.75 Å². The molecule has 3 rings (SSSR count). The number of hydrogen-bond acceptors (Lipinski definition) is 3. The summed E-state index contributed by atoms with van der Waals surface area (Å²) in [4.78, 5) is 7.22. The van der Waals surface area contributed by atoms with E-state index in [1.807, 2.05) is 6.07 Å². The third-order valence-electron chi connectivity index (χ3n) is 5.18. The monoisotopic (exact) mass is 486 g/mol. The Morgan fingerprint density at radius 2 is 2.00 bits per heavy atom. The minimum absolute atomic E-state index is 0. The fourth-order valence-corrected chi connectivity index (χ4v) is 3.45. The minimum Gasteiger partial charge on any atom is -0.493 e. The van der Waals surface area contributed by atoms with Crippen LogP contribution in [0.25, 0.3) is 0 Å². The van der Waals surface area contributed by atoms with E-state index >= 15 is 0 Å². The molecular formula is C21H35IN4O. The predicted octanol–water partition coefficient (Wildman–Crippen LogP) is 3.49. The molecule has 0 radical (unpaired) electrons. The van der Waals surface area contributed by atoms with Gasteiger partial charge in [0.1, 0.15) is 5.75 Å². The van der Waals surface area contributed by atoms with E-state index in [0.29, 0.717) is 12.5 Å². The second-order valence-corrected chi connectivity index (χ2v) is 7.71. The Labute approximate surface area is 181 Å². The van der Waals surface area contributed by atoms with Crippen LogP contribution in [-0.2, 0) is 6.54 Å². The maximum absolute atomic E-state index is 6.00. The van der Waals surface area contributed by atoms with Gasteiger partial charge in [-0.25, -0.2) is 4.99 Å². The number of piperidine rings is 1. The average Bonchev–Trinajstić information content (AvgIpc) is 3.47. The summed E-state index contributed by atoms with van der Waals surface area (Å²) in [5.41, 5.74) is 1.16. The van der Waals surface area contributed by atoms with Gasteiger partial charge in [-0.3, -0.25) is 0 Å². The fraction of sp³-hybridized carbons (Fsp3) is 0.667. The van der Waals surface area contributed by atoms with E-state index in [2.05, 4.69) is 47.7 Å². The van der Waals surface area contributed by atoms with Crippen LogP contribution in [0.2, 0.25) is 0 Å². The molecule has 2 fully saturated rings. The van der Waals surface area contributed by atoms with Crippen LogP contribution >= 0.6 is 24.0 Å². The summed E-state index contributed by atoms with van der Waals surface area (Å²) in [5.74, 6) is 3.34. The highest BCUT2D eigenvalue weighted by Crippen LogP contribution is 2.30. The molecular weight excluding hydrogens is 451 g/mol. The van der Waals surface area contributed by atoms with Gasteiger partial charge in [-0.1, -0.05) is 18.2 Å². The number of para-hydroxylation sites is 1. The van der Waals surface area contributed by atoms with Crippen LogP contribution in [0.4, 0.5) is 0 Å². The summed E-state index contributed by atoms with van der Waals surface area (Å²) >= 11 is 0. The first kappa shape index (κ1) is 22.3. The van der Waals surface area contributed by atoms with Crippen LogP contribution in [0.3, 0.4) is 0 Å². The number of guanidine groups is 1. The summed E-state index contributed by atoms with van der Waals surface area (Å²) in [7, 11) is 2.21. The molecule has 0 spiro atoms. The molecule has 0 bridgehead atoms. The molecule has 1 aromatic rings. The Hall–Kier alpha value is -1.02. The number of benzene rings is 1. The summed E-state index contributed by atoms with van der Waals surface area (Å²) in [6, 6.07) is 8.28. The molecule has 0 amide bonds. The Morgan fingerprint density at radius 1 is 1.19 bits per heavy atom. The lowest BCUT2D eigenvalue weighted by Gasteiger charge is -2.30. The molecule has 27 heavy (non-hydrogen) atoms. The van der Waals surface area contributed by atoms with E-state index in [1.54, 1.807) is 0 Å². The third kappa shape index (κ3) is 7.86. The first-order chi connectivity index (χ1) is 12.7. The molecule has 5 nitrogen and oxygen atoms in total. The number of aliphatic imine (C=N–C) groups is 1. The second-order valence-electron chi connectivity index (χ2n) is 7.71. The number of nitrogens with zero attached hydrogens (tertiary/aromatic N) is 2. The zero-order valence-electron chi connectivity index (χ0n) is 16.7. The van der Waals surface area contributed by atoms with Gasteiger partial charge < -0.3 is 20.3 Å². The Morgan fingerprint density at radius 3 is 2.74 bits per heavy atom. The topological polar surface area (TPSA) is 48.9 Å². The SMILES string of the molecule is CCNC(=NCc1ccccc1OCC1CC1)NCC1CCCN(C)C1.I. The standard InChI is InChI=1S/C21H34N4O.HI/c1-3-22-21(23-13-18-7-6-12-25(2)15-18)24-14-19-8-4-5-9-20(19)26-16-17-10-11-17;/h4-5,8-9,17-18H,3,6-7,10-16H2,1-2H3,(H2,22,23,24);1H. The molecule has 1 aliphatic carbocycles. The molecule has 1 aromatic carbocycles. The van der Waals surface area contributed by atoms with Gasteiger partial charge in [-0.05, 0) is 64.1 Å². The lowest BCUT2D eigenvalue weighted by Crippen LogP contribution is -2.43. The maximum atomic E-state index is 6.00. The zero-order chi connectivity index (χ0) is 18.2. The highest BCUT2D eigenvalue weighted by molar-refractivity contribution is 14.0. The van der Waals surface area contributed by atoms with Crippen molar-refractivity contribution in [2.75, 3.05) is 39.8 Å². The van der Waals surface area contributed by atoms with Crippen molar-refractivity contribution in [1.82, 2.24) is 15.5 Å². The summed E-state index contributed by atoms with van der Waals surface area (Å²) in [5, 5.41) is 6.90. The van der Waals surface area contributed by atoms with E-state index in [4.69, 9.17) is 9.73 Å². The lowest BCUT2D eigenvalue weighted by atomic mass is 9.99. The molecule has 152 valence electrons. The van der Waals surface area contributed by atoms with E-state index in [9.17, 15) is 0 Å². The first-order valence-electron chi connectivity index (χ1n) is 10.2. The normalized spacial score (nSPS) is 20.7. The molecule has 2 aliphatic rings. The van der Waals surface area contributed by atoms with Crippen molar-refractivity contribution in [1.29, 1.82) is 0 Å². The van der Waals surface area contributed by atoms with Gasteiger partial charge in [0, 0.05) is 25.2 Å². The van der Waals surface area contributed by atoms with Gasteiger partial charge in [-0.2, -0.15) is 0 Å². The minimum atomic E-state index is 0. The van der Waals surface area contributed by atoms with Crippen LogP contribution in [0, 0.1) is 11.8 Å². The van der Waals surface area contributed by atoms with Gasteiger partial charge in [0.2, 0.25) is 0 Å². The van der Waals surface area contributed by atoms with Gasteiger partial charge in [0.25, 0.3) is 0 Å². The molecule has 1 heterocycles. The smallest absolute Gasteiger partial charge is 0.191 e. The van der Waals surface area contributed by atoms with Crippen molar-refractivity contribution in [2.45, 2.75) is 39.2 Å². The van der Waals surface area contributed by atoms with Gasteiger partial charge in [0.05, 0.1) is 13.2 Å². The Bertz CT molecular complexity index is 591. The lowest BCUT2D eigenvalue weighted by molar-refractivity contribution is 0.210.